The van der Waals surface area contributed by atoms with Gasteiger partial charge in [0.05, 0.1) is 12.7 Å². The average Bonchev–Trinajstić information content (AvgIpc) is 2.41. The third kappa shape index (κ3) is 5.52. The van der Waals surface area contributed by atoms with Gasteiger partial charge in [0.1, 0.15) is 5.60 Å². The van der Waals surface area contributed by atoms with Gasteiger partial charge in [-0.05, 0) is 38.5 Å². The van der Waals surface area contributed by atoms with Crippen LogP contribution in [0, 0.1) is 0 Å². The Balaban J connectivity index is 3.05. The molecule has 0 amide bonds. The molecule has 0 aliphatic carbocycles. The molecule has 0 bridgehead atoms. The van der Waals surface area contributed by atoms with Gasteiger partial charge < -0.3 is 14.2 Å². The summed E-state index contributed by atoms with van der Waals surface area (Å²) in [5.41, 5.74) is -0.118. The molecule has 1 aromatic carbocycles. The van der Waals surface area contributed by atoms with Crippen molar-refractivity contribution in [1.82, 2.24) is 0 Å². The van der Waals surface area contributed by atoms with Crippen molar-refractivity contribution >= 4 is 28.1 Å². The van der Waals surface area contributed by atoms with Crippen LogP contribution in [0.3, 0.4) is 0 Å². The maximum Gasteiger partial charge on any atom is 0.509 e. The summed E-state index contributed by atoms with van der Waals surface area (Å²) in [6.07, 6.45) is -1.87. The van der Waals surface area contributed by atoms with E-state index >= 15 is 0 Å². The number of benzene rings is 1. The molecular weight excluding hydrogens is 352 g/mol. The summed E-state index contributed by atoms with van der Waals surface area (Å²) in [7, 11) is 1.24. The molecule has 6 heteroatoms. The van der Waals surface area contributed by atoms with Crippen LogP contribution in [-0.2, 0) is 19.0 Å². The Morgan fingerprint density at radius 3 is 2.41 bits per heavy atom. The molecule has 120 valence electrons. The summed E-state index contributed by atoms with van der Waals surface area (Å²) in [6, 6.07) is 7.02. The minimum absolute atomic E-state index is 0.00598. The Bertz CT molecular complexity index is 574. The van der Waals surface area contributed by atoms with Gasteiger partial charge >= 0.3 is 12.1 Å². The van der Waals surface area contributed by atoms with Gasteiger partial charge in [-0.1, -0.05) is 34.6 Å². The van der Waals surface area contributed by atoms with Crippen molar-refractivity contribution < 1.29 is 23.8 Å². The lowest BCUT2D eigenvalue weighted by Crippen LogP contribution is -2.27. The highest BCUT2D eigenvalue weighted by Crippen LogP contribution is 2.29. The van der Waals surface area contributed by atoms with E-state index in [0.717, 1.165) is 4.47 Å². The minimum atomic E-state index is -0.986. The standard InChI is InChI=1S/C16H19BrO5/c1-10(14(18)20-5)13(11-7-6-8-12(17)9-11)21-15(19)22-16(2,3)4/h6-9,13H,1H2,2-5H3/t13-/m1/s1. The maximum atomic E-state index is 11.9. The van der Waals surface area contributed by atoms with Crippen molar-refractivity contribution in [3.8, 4) is 0 Å². The zero-order valence-electron chi connectivity index (χ0n) is 13.0. The Morgan fingerprint density at radius 2 is 1.91 bits per heavy atom. The largest absolute Gasteiger partial charge is 0.509 e. The van der Waals surface area contributed by atoms with Gasteiger partial charge in [-0.3, -0.25) is 0 Å². The number of hydrogen-bond acceptors (Lipinski definition) is 5. The lowest BCUT2D eigenvalue weighted by atomic mass is 10.0. The van der Waals surface area contributed by atoms with Gasteiger partial charge in [-0.2, -0.15) is 0 Å². The van der Waals surface area contributed by atoms with Crippen LogP contribution in [0.1, 0.15) is 32.4 Å². The molecule has 0 saturated carbocycles. The van der Waals surface area contributed by atoms with E-state index in [1.807, 2.05) is 6.07 Å². The minimum Gasteiger partial charge on any atom is -0.466 e. The number of esters is 1. The van der Waals surface area contributed by atoms with Crippen molar-refractivity contribution in [2.75, 3.05) is 7.11 Å². The SMILES string of the molecule is C=C(C(=O)OC)[C@@H](OC(=O)OC(C)(C)C)c1cccc(Br)c1. The van der Waals surface area contributed by atoms with Crippen molar-refractivity contribution in [2.24, 2.45) is 0 Å². The monoisotopic (exact) mass is 370 g/mol. The molecule has 0 aliphatic rings. The fourth-order valence-corrected chi connectivity index (χ4v) is 2.04. The number of ether oxygens (including phenoxy) is 3. The van der Waals surface area contributed by atoms with E-state index in [0.29, 0.717) is 5.56 Å². The molecule has 0 heterocycles. The van der Waals surface area contributed by atoms with E-state index in [1.54, 1.807) is 39.0 Å². The van der Waals surface area contributed by atoms with Crippen molar-refractivity contribution in [3.05, 3.63) is 46.5 Å². The first-order valence-corrected chi connectivity index (χ1v) is 7.35. The summed E-state index contributed by atoms with van der Waals surface area (Å²) < 4.78 is 15.8. The van der Waals surface area contributed by atoms with E-state index in [-0.39, 0.29) is 5.57 Å². The van der Waals surface area contributed by atoms with Crippen LogP contribution in [0.5, 0.6) is 0 Å². The molecular formula is C16H19BrO5. The van der Waals surface area contributed by atoms with Crippen LogP contribution < -0.4 is 0 Å². The second-order valence-electron chi connectivity index (χ2n) is 5.53. The molecule has 0 aromatic heterocycles. The number of methoxy groups -OCH3 is 1. The lowest BCUT2D eigenvalue weighted by molar-refractivity contribution is -0.137. The molecule has 1 atom stereocenters. The third-order valence-corrected chi connectivity index (χ3v) is 3.01. The van der Waals surface area contributed by atoms with Crippen LogP contribution in [0.2, 0.25) is 0 Å². The quantitative estimate of drug-likeness (QED) is 0.587. The second-order valence-corrected chi connectivity index (χ2v) is 6.45. The van der Waals surface area contributed by atoms with Gasteiger partial charge in [0.25, 0.3) is 0 Å². The normalized spacial score (nSPS) is 12.2. The molecule has 0 unspecified atom stereocenters. The first kappa shape index (κ1) is 18.2. The van der Waals surface area contributed by atoms with Crippen LogP contribution in [0.25, 0.3) is 0 Å². The summed E-state index contributed by atoms with van der Waals surface area (Å²) in [5.74, 6) is -0.659. The van der Waals surface area contributed by atoms with E-state index in [2.05, 4.69) is 27.2 Å². The summed E-state index contributed by atoms with van der Waals surface area (Å²) in [5, 5.41) is 0. The predicted molar refractivity (Wildman–Crippen MR) is 85.4 cm³/mol. The number of rotatable bonds is 4. The molecule has 1 aromatic rings. The molecule has 5 nitrogen and oxygen atoms in total. The molecule has 1 rings (SSSR count). The fraction of sp³-hybridized carbons (Fsp3) is 0.375. The molecule has 0 fully saturated rings. The molecule has 0 saturated heterocycles. The lowest BCUT2D eigenvalue weighted by Gasteiger charge is -2.23. The Labute approximate surface area is 138 Å². The second kappa shape index (κ2) is 7.45. The topological polar surface area (TPSA) is 61.8 Å². The van der Waals surface area contributed by atoms with Gasteiger partial charge in [0.15, 0.2) is 6.10 Å². The molecule has 22 heavy (non-hydrogen) atoms. The number of carbonyl (C=O) groups is 2. The zero-order valence-corrected chi connectivity index (χ0v) is 14.6. The fourth-order valence-electron chi connectivity index (χ4n) is 1.62. The number of halogens is 1. The van der Waals surface area contributed by atoms with E-state index in [1.165, 1.54) is 7.11 Å². The maximum absolute atomic E-state index is 11.9. The first-order valence-electron chi connectivity index (χ1n) is 6.56. The summed E-state index contributed by atoms with van der Waals surface area (Å²) >= 11 is 3.33. The van der Waals surface area contributed by atoms with Crippen molar-refractivity contribution in [1.29, 1.82) is 0 Å². The van der Waals surface area contributed by atoms with Gasteiger partial charge in [0, 0.05) is 4.47 Å². The summed E-state index contributed by atoms with van der Waals surface area (Å²) in [6.45, 7) is 8.82. The molecule has 0 N–H and O–H groups in total. The van der Waals surface area contributed by atoms with Crippen LogP contribution >= 0.6 is 15.9 Å². The third-order valence-electron chi connectivity index (χ3n) is 2.52. The van der Waals surface area contributed by atoms with Crippen LogP contribution in [0.4, 0.5) is 4.79 Å². The van der Waals surface area contributed by atoms with Crippen molar-refractivity contribution in [3.63, 3.8) is 0 Å². The van der Waals surface area contributed by atoms with E-state index in [4.69, 9.17) is 9.47 Å². The highest BCUT2D eigenvalue weighted by Gasteiger charge is 2.28. The number of hydrogen-bond donors (Lipinski definition) is 0. The summed E-state index contributed by atoms with van der Waals surface area (Å²) in [4.78, 5) is 23.6. The Hall–Kier alpha value is -1.82. The smallest absolute Gasteiger partial charge is 0.466 e. The molecule has 0 spiro atoms. The average molecular weight is 371 g/mol. The Morgan fingerprint density at radius 1 is 1.27 bits per heavy atom. The molecule has 0 radical (unpaired) electrons. The van der Waals surface area contributed by atoms with Crippen LogP contribution in [-0.4, -0.2) is 24.8 Å². The zero-order chi connectivity index (χ0) is 16.9. The van der Waals surface area contributed by atoms with Gasteiger partial charge in [-0.25, -0.2) is 9.59 Å². The highest BCUT2D eigenvalue weighted by atomic mass is 79.9. The van der Waals surface area contributed by atoms with E-state index in [9.17, 15) is 9.59 Å². The van der Waals surface area contributed by atoms with Crippen molar-refractivity contribution in [2.45, 2.75) is 32.5 Å². The number of carbonyl (C=O) groups excluding carboxylic acids is 2. The van der Waals surface area contributed by atoms with E-state index < -0.39 is 23.8 Å². The van der Waals surface area contributed by atoms with Gasteiger partial charge in [0.2, 0.25) is 0 Å². The first-order chi connectivity index (χ1) is 10.1. The van der Waals surface area contributed by atoms with Gasteiger partial charge in [-0.15, -0.1) is 0 Å². The Kier molecular flexibility index (Phi) is 6.17. The molecule has 0 aliphatic heterocycles. The predicted octanol–water partition coefficient (Wildman–Crippen LogP) is 4.17. The van der Waals surface area contributed by atoms with Crippen LogP contribution in [0.15, 0.2) is 40.9 Å². The highest BCUT2D eigenvalue weighted by molar-refractivity contribution is 9.10.